The number of carbonyl (C=O) groups is 1. The number of halogens is 1. The van der Waals surface area contributed by atoms with Crippen LogP contribution in [0.25, 0.3) is 0 Å². The van der Waals surface area contributed by atoms with Crippen molar-refractivity contribution >= 4 is 22.9 Å². The van der Waals surface area contributed by atoms with Crippen molar-refractivity contribution in [1.82, 2.24) is 0 Å². The molecule has 0 atom stereocenters. The molecule has 0 unspecified atom stereocenters. The van der Waals surface area contributed by atoms with Crippen LogP contribution >= 0.6 is 0 Å². The van der Waals surface area contributed by atoms with E-state index in [2.05, 4.69) is 4.72 Å². The minimum Gasteiger partial charge on any atom is -0.298 e. The van der Waals surface area contributed by atoms with Crippen LogP contribution < -0.4 is 4.72 Å². The third-order valence-corrected chi connectivity index (χ3v) is 2.46. The van der Waals surface area contributed by atoms with Crippen molar-refractivity contribution in [1.29, 1.82) is 0 Å². The molecule has 100 valence electrons. The first-order chi connectivity index (χ1) is 9.13. The summed E-state index contributed by atoms with van der Waals surface area (Å²) in [6.45, 7) is 0. The van der Waals surface area contributed by atoms with Crippen LogP contribution in [0, 0.1) is 5.82 Å². The van der Waals surface area contributed by atoms with E-state index >= 15 is 0 Å². The number of benzene rings is 2. The van der Waals surface area contributed by atoms with Gasteiger partial charge < -0.3 is 0 Å². The highest BCUT2D eigenvalue weighted by molar-refractivity contribution is 7.73. The molecule has 2 aromatic carbocycles. The number of thiol groups is 1. The van der Waals surface area contributed by atoms with E-state index in [4.69, 9.17) is 0 Å². The average Bonchev–Trinajstić information content (AvgIpc) is 2.40. The number of rotatable bonds is 3. The lowest BCUT2D eigenvalue weighted by molar-refractivity contribution is 0.112. The number of para-hydroxylation sites is 1. The molecule has 0 radical (unpaired) electrons. The highest BCUT2D eigenvalue weighted by Gasteiger charge is 1.98. The van der Waals surface area contributed by atoms with Crippen molar-refractivity contribution in [2.45, 2.75) is 0 Å². The molecule has 0 spiro atoms. The molecule has 2 aromatic rings. The van der Waals surface area contributed by atoms with E-state index in [0.29, 0.717) is 17.5 Å². The minimum atomic E-state index is -2.71. The molecule has 0 aliphatic carbocycles. The van der Waals surface area contributed by atoms with Gasteiger partial charge in [-0.15, -0.1) is 0 Å². The van der Waals surface area contributed by atoms with Crippen LogP contribution in [-0.4, -0.2) is 14.7 Å². The zero-order valence-corrected chi connectivity index (χ0v) is 10.7. The van der Waals surface area contributed by atoms with Gasteiger partial charge >= 0.3 is 0 Å². The van der Waals surface area contributed by atoms with Crippen molar-refractivity contribution in [3.63, 3.8) is 0 Å². The first kappa shape index (κ1) is 14.8. The molecule has 0 bridgehead atoms. The molecule has 4 nitrogen and oxygen atoms in total. The van der Waals surface area contributed by atoms with Gasteiger partial charge in [-0.1, -0.05) is 30.3 Å². The van der Waals surface area contributed by atoms with Crippen LogP contribution in [-0.2, 0) is 10.9 Å². The zero-order valence-electron chi connectivity index (χ0n) is 9.82. The van der Waals surface area contributed by atoms with Crippen LogP contribution in [0.2, 0.25) is 0 Å². The van der Waals surface area contributed by atoms with E-state index in [1.165, 1.54) is 24.3 Å². The van der Waals surface area contributed by atoms with Crippen molar-refractivity contribution < 1.29 is 17.6 Å². The third-order valence-electron chi connectivity index (χ3n) is 2.03. The number of hydrogen-bond acceptors (Lipinski definition) is 3. The molecular formula is C13H12FNO3S. The summed E-state index contributed by atoms with van der Waals surface area (Å²) in [4.78, 5) is 10.4. The van der Waals surface area contributed by atoms with Crippen molar-refractivity contribution in [2.75, 3.05) is 4.72 Å². The van der Waals surface area contributed by atoms with Gasteiger partial charge in [-0.3, -0.25) is 9.52 Å². The molecule has 0 fully saturated rings. The number of nitrogens with one attached hydrogen (secondary N) is 1. The minimum absolute atomic E-state index is 0.178. The lowest BCUT2D eigenvalue weighted by Gasteiger charge is -2.00. The van der Waals surface area contributed by atoms with Crippen LogP contribution in [0.3, 0.4) is 0 Å². The molecule has 0 amide bonds. The smallest absolute Gasteiger partial charge is 0.222 e. The Morgan fingerprint density at radius 3 is 2.00 bits per heavy atom. The molecule has 0 aliphatic heterocycles. The lowest BCUT2D eigenvalue weighted by atomic mass is 10.2. The largest absolute Gasteiger partial charge is 0.298 e. The van der Waals surface area contributed by atoms with E-state index in [1.54, 1.807) is 30.3 Å². The normalized spacial score (nSPS) is 9.37. The maximum atomic E-state index is 11.9. The van der Waals surface area contributed by atoms with Crippen LogP contribution in [0.5, 0.6) is 0 Å². The van der Waals surface area contributed by atoms with Crippen LogP contribution in [0.1, 0.15) is 10.4 Å². The maximum absolute atomic E-state index is 11.9. The number of hydrogen-bond donors (Lipinski definition) is 2. The fourth-order valence-electron chi connectivity index (χ4n) is 1.21. The summed E-state index contributed by atoms with van der Waals surface area (Å²) < 4.78 is 34.5. The molecule has 0 saturated carbocycles. The SMILES string of the molecule is Fc1ccccc1.O=Cc1ccccc1N[SH](=O)=O. The van der Waals surface area contributed by atoms with Gasteiger partial charge in [0.05, 0.1) is 5.69 Å². The van der Waals surface area contributed by atoms with Gasteiger partial charge in [0, 0.05) is 5.56 Å². The van der Waals surface area contributed by atoms with E-state index in [9.17, 15) is 17.6 Å². The molecule has 6 heteroatoms. The molecule has 0 aliphatic rings. The van der Waals surface area contributed by atoms with Gasteiger partial charge in [-0.05, 0) is 24.3 Å². The first-order valence-corrected chi connectivity index (χ1v) is 6.47. The van der Waals surface area contributed by atoms with E-state index < -0.39 is 10.9 Å². The summed E-state index contributed by atoms with van der Waals surface area (Å²) in [5.74, 6) is -0.178. The van der Waals surface area contributed by atoms with E-state index in [0.717, 1.165) is 0 Å². The summed E-state index contributed by atoms with van der Waals surface area (Å²) in [5.41, 5.74) is 0.639. The Kier molecular flexibility index (Phi) is 6.25. The highest BCUT2D eigenvalue weighted by atomic mass is 32.2. The van der Waals surface area contributed by atoms with Crippen LogP contribution in [0.4, 0.5) is 10.1 Å². The predicted octanol–water partition coefficient (Wildman–Crippen LogP) is 2.26. The Morgan fingerprint density at radius 1 is 0.947 bits per heavy atom. The fraction of sp³-hybridized carbons (Fsp3) is 0. The third kappa shape index (κ3) is 5.78. The highest BCUT2D eigenvalue weighted by Crippen LogP contribution is 2.11. The Labute approximate surface area is 112 Å². The van der Waals surface area contributed by atoms with Gasteiger partial charge in [0.25, 0.3) is 0 Å². The van der Waals surface area contributed by atoms with E-state index in [-0.39, 0.29) is 5.82 Å². The Balaban J connectivity index is 0.000000218. The quantitative estimate of drug-likeness (QED) is 0.670. The van der Waals surface area contributed by atoms with Gasteiger partial charge in [-0.25, -0.2) is 12.8 Å². The molecule has 0 aromatic heterocycles. The Bertz CT molecular complexity index is 592. The van der Waals surface area contributed by atoms with E-state index in [1.807, 2.05) is 0 Å². The van der Waals surface area contributed by atoms with Gasteiger partial charge in [-0.2, -0.15) is 0 Å². The maximum Gasteiger partial charge on any atom is 0.222 e. The average molecular weight is 281 g/mol. The molecule has 1 N–H and O–H groups in total. The molecule has 0 saturated heterocycles. The second kappa shape index (κ2) is 7.99. The molecule has 0 heterocycles. The topological polar surface area (TPSA) is 63.2 Å². The molecule has 19 heavy (non-hydrogen) atoms. The summed E-state index contributed by atoms with van der Waals surface area (Å²) in [7, 11) is -2.71. The zero-order chi connectivity index (χ0) is 14.1. The summed E-state index contributed by atoms with van der Waals surface area (Å²) in [6, 6.07) is 14.3. The standard InChI is InChI=1S/C7H7NO3S.C6H5F/c9-5-6-3-1-2-4-7(6)8-12(10)11;7-6-4-2-1-3-5-6/h1-5,12H,(H,8,10,11);1-5H. The van der Waals surface area contributed by atoms with Gasteiger partial charge in [0.15, 0.2) is 6.29 Å². The van der Waals surface area contributed by atoms with Crippen molar-refractivity contribution in [3.8, 4) is 0 Å². The molecule has 2 rings (SSSR count). The second-order valence-corrected chi connectivity index (χ2v) is 4.11. The summed E-state index contributed by atoms with van der Waals surface area (Å²) >= 11 is 0. The Hall–Kier alpha value is -2.21. The summed E-state index contributed by atoms with van der Waals surface area (Å²) in [6.07, 6.45) is 0.598. The number of carbonyl (C=O) groups excluding carboxylic acids is 1. The second-order valence-electron chi connectivity index (χ2n) is 3.37. The monoisotopic (exact) mass is 281 g/mol. The van der Waals surface area contributed by atoms with Gasteiger partial charge in [0.2, 0.25) is 10.9 Å². The fourth-order valence-corrected chi connectivity index (χ4v) is 1.61. The lowest BCUT2D eigenvalue weighted by Crippen LogP contribution is -1.98. The van der Waals surface area contributed by atoms with Crippen molar-refractivity contribution in [3.05, 3.63) is 66.0 Å². The molecular weight excluding hydrogens is 269 g/mol. The number of anilines is 1. The van der Waals surface area contributed by atoms with Crippen LogP contribution in [0.15, 0.2) is 54.6 Å². The Morgan fingerprint density at radius 2 is 1.53 bits per heavy atom. The number of aldehydes is 1. The summed E-state index contributed by atoms with van der Waals surface area (Å²) in [5, 5.41) is 0. The van der Waals surface area contributed by atoms with Gasteiger partial charge in [0.1, 0.15) is 5.82 Å². The van der Waals surface area contributed by atoms with Crippen molar-refractivity contribution in [2.24, 2.45) is 0 Å². The first-order valence-electron chi connectivity index (χ1n) is 5.29. The predicted molar refractivity (Wildman–Crippen MR) is 72.2 cm³/mol.